The molecule has 0 saturated carbocycles. The molecule has 2 heterocycles. The third kappa shape index (κ3) is 2.98. The maximum absolute atomic E-state index is 5.96. The lowest BCUT2D eigenvalue weighted by atomic mass is 10.0. The van der Waals surface area contributed by atoms with Gasteiger partial charge in [0.25, 0.3) is 0 Å². The zero-order chi connectivity index (χ0) is 21.8. The number of fused-ring (bicyclic) bond motifs is 6. The molecule has 33 heavy (non-hydrogen) atoms. The first-order chi connectivity index (χ1) is 16.3. The minimum atomic E-state index is 0.902. The number of hydrogen-bond donors (Lipinski definition) is 1. The minimum absolute atomic E-state index is 0.902. The second-order valence-electron chi connectivity index (χ2n) is 8.32. The SMILES string of the molecule is c1ccc2c(c1)oc1ccc(Nc3ccc(-c4ccc5oc6ccccc6c5c4)cc3)cc12. The molecule has 0 aliphatic carbocycles. The number of benzene rings is 5. The van der Waals surface area contributed by atoms with E-state index >= 15 is 0 Å². The standard InChI is InChI=1S/C30H19NO2/c1-3-7-27-23(5-1)25-17-20(11-15-29(25)32-27)19-9-12-21(13-10-19)31-22-14-16-30-26(18-22)24-6-2-4-8-28(24)33-30/h1-18,31H. The van der Waals surface area contributed by atoms with Crippen LogP contribution in [-0.4, -0.2) is 0 Å². The normalized spacial score (nSPS) is 11.6. The number of rotatable bonds is 3. The van der Waals surface area contributed by atoms with Gasteiger partial charge in [-0.3, -0.25) is 0 Å². The summed E-state index contributed by atoms with van der Waals surface area (Å²) in [7, 11) is 0. The summed E-state index contributed by atoms with van der Waals surface area (Å²) in [6.45, 7) is 0. The quantitative estimate of drug-likeness (QED) is 0.307. The topological polar surface area (TPSA) is 38.3 Å². The first-order valence-corrected chi connectivity index (χ1v) is 11.0. The largest absolute Gasteiger partial charge is 0.456 e. The average Bonchev–Trinajstić information content (AvgIpc) is 3.42. The maximum atomic E-state index is 5.96. The lowest BCUT2D eigenvalue weighted by Crippen LogP contribution is -1.89. The maximum Gasteiger partial charge on any atom is 0.135 e. The van der Waals surface area contributed by atoms with Gasteiger partial charge in [0.05, 0.1) is 0 Å². The van der Waals surface area contributed by atoms with Crippen LogP contribution in [0.15, 0.2) is 118 Å². The van der Waals surface area contributed by atoms with E-state index in [4.69, 9.17) is 8.83 Å². The first-order valence-electron chi connectivity index (χ1n) is 11.0. The molecule has 5 aromatic carbocycles. The van der Waals surface area contributed by atoms with Gasteiger partial charge in [0.1, 0.15) is 22.3 Å². The summed E-state index contributed by atoms with van der Waals surface area (Å²) >= 11 is 0. The Morgan fingerprint density at radius 1 is 0.394 bits per heavy atom. The summed E-state index contributed by atoms with van der Waals surface area (Å²) < 4.78 is 11.9. The smallest absolute Gasteiger partial charge is 0.135 e. The molecule has 2 aromatic heterocycles. The van der Waals surface area contributed by atoms with Crippen molar-refractivity contribution in [2.45, 2.75) is 0 Å². The molecule has 0 aliphatic rings. The summed E-state index contributed by atoms with van der Waals surface area (Å²) in [6.07, 6.45) is 0. The molecule has 0 fully saturated rings. The van der Waals surface area contributed by atoms with E-state index in [1.807, 2.05) is 42.5 Å². The van der Waals surface area contributed by atoms with Crippen molar-refractivity contribution >= 4 is 55.3 Å². The molecule has 3 nitrogen and oxygen atoms in total. The zero-order valence-electron chi connectivity index (χ0n) is 17.7. The Morgan fingerprint density at radius 3 is 1.61 bits per heavy atom. The van der Waals surface area contributed by atoms with Gasteiger partial charge in [0, 0.05) is 32.9 Å². The van der Waals surface area contributed by atoms with Gasteiger partial charge in [-0.25, -0.2) is 0 Å². The number of furan rings is 2. The van der Waals surface area contributed by atoms with E-state index < -0.39 is 0 Å². The summed E-state index contributed by atoms with van der Waals surface area (Å²) in [5, 5.41) is 8.07. The monoisotopic (exact) mass is 425 g/mol. The van der Waals surface area contributed by atoms with Crippen molar-refractivity contribution in [3.8, 4) is 11.1 Å². The third-order valence-corrected chi connectivity index (χ3v) is 6.26. The summed E-state index contributed by atoms with van der Waals surface area (Å²) in [4.78, 5) is 0. The van der Waals surface area contributed by atoms with Gasteiger partial charge >= 0.3 is 0 Å². The molecule has 0 spiro atoms. The van der Waals surface area contributed by atoms with Crippen LogP contribution in [-0.2, 0) is 0 Å². The minimum Gasteiger partial charge on any atom is -0.456 e. The molecule has 156 valence electrons. The van der Waals surface area contributed by atoms with E-state index in [-0.39, 0.29) is 0 Å². The lowest BCUT2D eigenvalue weighted by molar-refractivity contribution is 0.668. The number of nitrogens with one attached hydrogen (secondary N) is 1. The molecule has 3 heteroatoms. The highest BCUT2D eigenvalue weighted by Crippen LogP contribution is 2.34. The van der Waals surface area contributed by atoms with Gasteiger partial charge in [-0.15, -0.1) is 0 Å². The molecular weight excluding hydrogens is 406 g/mol. The van der Waals surface area contributed by atoms with Crippen molar-refractivity contribution in [3.05, 3.63) is 109 Å². The highest BCUT2D eigenvalue weighted by Gasteiger charge is 2.09. The first kappa shape index (κ1) is 18.1. The molecule has 0 radical (unpaired) electrons. The Kier molecular flexibility index (Phi) is 3.84. The van der Waals surface area contributed by atoms with Crippen LogP contribution < -0.4 is 5.32 Å². The van der Waals surface area contributed by atoms with E-state index in [1.54, 1.807) is 0 Å². The lowest BCUT2D eigenvalue weighted by Gasteiger charge is -2.08. The molecule has 1 N–H and O–H groups in total. The van der Waals surface area contributed by atoms with E-state index in [9.17, 15) is 0 Å². The molecule has 0 amide bonds. The molecule has 0 unspecified atom stereocenters. The number of hydrogen-bond acceptors (Lipinski definition) is 3. The average molecular weight is 425 g/mol. The highest BCUT2D eigenvalue weighted by atomic mass is 16.3. The summed E-state index contributed by atoms with van der Waals surface area (Å²) in [5.41, 5.74) is 8.08. The van der Waals surface area contributed by atoms with Gasteiger partial charge in [-0.05, 0) is 65.7 Å². The number of anilines is 2. The molecule has 7 aromatic rings. The third-order valence-electron chi connectivity index (χ3n) is 6.26. The van der Waals surface area contributed by atoms with Crippen LogP contribution in [0.4, 0.5) is 11.4 Å². The van der Waals surface area contributed by atoms with Gasteiger partial charge in [0.15, 0.2) is 0 Å². The molecule has 0 aliphatic heterocycles. The highest BCUT2D eigenvalue weighted by molar-refractivity contribution is 6.07. The molecule has 7 rings (SSSR count). The molecule has 0 atom stereocenters. The van der Waals surface area contributed by atoms with Crippen LogP contribution in [0.25, 0.3) is 55.0 Å². The van der Waals surface area contributed by atoms with Crippen LogP contribution in [0, 0.1) is 0 Å². The van der Waals surface area contributed by atoms with Gasteiger partial charge in [0.2, 0.25) is 0 Å². The second-order valence-corrected chi connectivity index (χ2v) is 8.32. The predicted octanol–water partition coefficient (Wildman–Crippen LogP) is 8.90. The Bertz CT molecular complexity index is 1790. The molecule has 0 bridgehead atoms. The fourth-order valence-electron chi connectivity index (χ4n) is 4.62. The van der Waals surface area contributed by atoms with Gasteiger partial charge in [-0.1, -0.05) is 54.6 Å². The van der Waals surface area contributed by atoms with E-state index in [0.717, 1.165) is 55.3 Å². The van der Waals surface area contributed by atoms with Crippen molar-refractivity contribution in [1.82, 2.24) is 0 Å². The Balaban J connectivity index is 1.21. The fraction of sp³-hybridized carbons (Fsp3) is 0. The van der Waals surface area contributed by atoms with Crippen LogP contribution in [0.2, 0.25) is 0 Å². The Morgan fingerprint density at radius 2 is 0.909 bits per heavy atom. The fourth-order valence-corrected chi connectivity index (χ4v) is 4.62. The van der Waals surface area contributed by atoms with Crippen molar-refractivity contribution in [2.24, 2.45) is 0 Å². The van der Waals surface area contributed by atoms with E-state index in [0.29, 0.717) is 0 Å². The van der Waals surface area contributed by atoms with Crippen molar-refractivity contribution in [2.75, 3.05) is 5.32 Å². The van der Waals surface area contributed by atoms with E-state index in [1.165, 1.54) is 11.1 Å². The van der Waals surface area contributed by atoms with Crippen LogP contribution in [0.3, 0.4) is 0 Å². The Labute approximate surface area is 189 Å². The summed E-state index contributed by atoms with van der Waals surface area (Å²) in [6, 6.07) is 37.5. The molecular formula is C30H19NO2. The van der Waals surface area contributed by atoms with Crippen LogP contribution >= 0.6 is 0 Å². The van der Waals surface area contributed by atoms with Crippen molar-refractivity contribution in [1.29, 1.82) is 0 Å². The Hall–Kier alpha value is -4.50. The zero-order valence-corrected chi connectivity index (χ0v) is 17.7. The van der Waals surface area contributed by atoms with Crippen molar-refractivity contribution in [3.63, 3.8) is 0 Å². The summed E-state index contributed by atoms with van der Waals surface area (Å²) in [5.74, 6) is 0. The van der Waals surface area contributed by atoms with Crippen molar-refractivity contribution < 1.29 is 8.83 Å². The van der Waals surface area contributed by atoms with Gasteiger partial charge in [-0.2, -0.15) is 0 Å². The second kappa shape index (κ2) is 7.01. The number of para-hydroxylation sites is 2. The predicted molar refractivity (Wildman–Crippen MR) is 136 cm³/mol. The van der Waals surface area contributed by atoms with E-state index in [2.05, 4.69) is 72.0 Å². The van der Waals surface area contributed by atoms with Crippen LogP contribution in [0.5, 0.6) is 0 Å². The van der Waals surface area contributed by atoms with Crippen LogP contribution in [0.1, 0.15) is 0 Å². The van der Waals surface area contributed by atoms with Gasteiger partial charge < -0.3 is 14.2 Å². The molecule has 0 saturated heterocycles.